The van der Waals surface area contributed by atoms with E-state index in [9.17, 15) is 14.4 Å². The maximum Gasteiger partial charge on any atom is 0.261 e. The minimum absolute atomic E-state index is 0.108. The van der Waals surface area contributed by atoms with Crippen molar-refractivity contribution in [3.05, 3.63) is 53.6 Å². The number of hydrogen-bond acceptors (Lipinski definition) is 6. The van der Waals surface area contributed by atoms with Crippen molar-refractivity contribution in [2.75, 3.05) is 18.1 Å². The van der Waals surface area contributed by atoms with Gasteiger partial charge in [-0.25, -0.2) is 4.98 Å². The number of carbonyl (C=O) groups is 3. The molecule has 26 heavy (non-hydrogen) atoms. The molecule has 0 atom stereocenters. The molecule has 8 heteroatoms. The third-order valence-corrected chi connectivity index (χ3v) is 4.80. The third kappa shape index (κ3) is 2.84. The van der Waals surface area contributed by atoms with Crippen molar-refractivity contribution < 1.29 is 18.8 Å². The van der Waals surface area contributed by atoms with Gasteiger partial charge < -0.3 is 9.73 Å². The van der Waals surface area contributed by atoms with E-state index in [0.29, 0.717) is 27.6 Å². The van der Waals surface area contributed by atoms with E-state index < -0.39 is 0 Å². The summed E-state index contributed by atoms with van der Waals surface area (Å²) in [6.07, 6.45) is 0. The zero-order valence-corrected chi connectivity index (χ0v) is 14.5. The van der Waals surface area contributed by atoms with Crippen molar-refractivity contribution in [3.63, 3.8) is 0 Å². The predicted molar refractivity (Wildman–Crippen MR) is 96.2 cm³/mol. The quantitative estimate of drug-likeness (QED) is 0.563. The van der Waals surface area contributed by atoms with Gasteiger partial charge in [-0.1, -0.05) is 23.9 Å². The molecule has 0 spiro atoms. The number of carbonyl (C=O) groups excluding carboxylic acids is 3. The van der Waals surface area contributed by atoms with Crippen molar-refractivity contribution in [1.29, 1.82) is 0 Å². The van der Waals surface area contributed by atoms with Gasteiger partial charge in [0, 0.05) is 12.7 Å². The van der Waals surface area contributed by atoms with Crippen molar-refractivity contribution in [2.45, 2.75) is 5.22 Å². The molecular weight excluding hydrogens is 354 g/mol. The largest absolute Gasteiger partial charge is 0.431 e. The number of oxazole rings is 1. The van der Waals surface area contributed by atoms with Gasteiger partial charge in [0.1, 0.15) is 5.52 Å². The summed E-state index contributed by atoms with van der Waals surface area (Å²) in [5.74, 6) is -0.866. The van der Waals surface area contributed by atoms with Crippen molar-refractivity contribution >= 4 is 46.3 Å². The first-order chi connectivity index (χ1) is 12.5. The van der Waals surface area contributed by atoms with Gasteiger partial charge in [0.25, 0.3) is 17.0 Å². The number of para-hydroxylation sites is 2. The summed E-state index contributed by atoms with van der Waals surface area (Å²) < 4.78 is 5.55. The van der Waals surface area contributed by atoms with Crippen LogP contribution in [0, 0.1) is 0 Å². The van der Waals surface area contributed by atoms with Crippen LogP contribution in [0.25, 0.3) is 11.1 Å². The molecule has 1 aliphatic heterocycles. The van der Waals surface area contributed by atoms with Gasteiger partial charge in [0.2, 0.25) is 5.91 Å². The molecule has 0 saturated carbocycles. The maximum atomic E-state index is 12.1. The first-order valence-corrected chi connectivity index (χ1v) is 8.76. The topological polar surface area (TPSA) is 92.5 Å². The van der Waals surface area contributed by atoms with Crippen LogP contribution >= 0.6 is 11.8 Å². The van der Waals surface area contributed by atoms with E-state index in [1.165, 1.54) is 24.9 Å². The van der Waals surface area contributed by atoms with Crippen LogP contribution in [0.4, 0.5) is 5.69 Å². The summed E-state index contributed by atoms with van der Waals surface area (Å²) in [6, 6.07) is 12.0. The Morgan fingerprint density at radius 3 is 2.73 bits per heavy atom. The number of fused-ring (bicyclic) bond motifs is 2. The molecule has 0 bridgehead atoms. The van der Waals surface area contributed by atoms with E-state index in [0.717, 1.165) is 10.4 Å². The number of thioether (sulfide) groups is 1. The van der Waals surface area contributed by atoms with E-state index in [1.54, 1.807) is 12.1 Å². The van der Waals surface area contributed by atoms with Crippen LogP contribution in [0.2, 0.25) is 0 Å². The molecule has 4 rings (SSSR count). The van der Waals surface area contributed by atoms with Crippen LogP contribution in [0.5, 0.6) is 0 Å². The lowest BCUT2D eigenvalue weighted by molar-refractivity contribution is -0.113. The molecule has 2 heterocycles. The van der Waals surface area contributed by atoms with Crippen molar-refractivity contribution in [3.8, 4) is 0 Å². The Kier molecular flexibility index (Phi) is 3.96. The van der Waals surface area contributed by atoms with E-state index >= 15 is 0 Å². The molecule has 2 aromatic carbocycles. The highest BCUT2D eigenvalue weighted by atomic mass is 32.2. The minimum atomic E-state index is -0.373. The number of rotatable bonds is 4. The van der Waals surface area contributed by atoms with Crippen LogP contribution in [-0.2, 0) is 4.79 Å². The van der Waals surface area contributed by atoms with E-state index in [-0.39, 0.29) is 23.5 Å². The van der Waals surface area contributed by atoms with Gasteiger partial charge in [0.05, 0.1) is 16.9 Å². The Hall–Kier alpha value is -3.13. The van der Waals surface area contributed by atoms with Crippen LogP contribution in [-0.4, -0.2) is 40.4 Å². The van der Waals surface area contributed by atoms with Crippen molar-refractivity contribution in [1.82, 2.24) is 9.88 Å². The molecule has 0 radical (unpaired) electrons. The Morgan fingerprint density at radius 2 is 1.92 bits per heavy atom. The lowest BCUT2D eigenvalue weighted by atomic mass is 10.1. The Labute approximate surface area is 152 Å². The van der Waals surface area contributed by atoms with Gasteiger partial charge >= 0.3 is 0 Å². The normalized spacial score (nSPS) is 13.3. The van der Waals surface area contributed by atoms with Gasteiger partial charge in [-0.05, 0) is 30.3 Å². The number of hydrogen-bond donors (Lipinski definition) is 1. The fraction of sp³-hybridized carbons (Fsp3) is 0.111. The number of anilines is 1. The SMILES string of the molecule is CN1C(=O)c2ccc(NC(=O)CSc3nc4ccccc4o3)cc2C1=O. The lowest BCUT2D eigenvalue weighted by Gasteiger charge is -2.05. The number of aromatic nitrogens is 1. The van der Waals surface area contributed by atoms with Crippen LogP contribution in [0.15, 0.2) is 52.1 Å². The molecule has 3 aromatic rings. The summed E-state index contributed by atoms with van der Waals surface area (Å²) in [7, 11) is 1.43. The molecule has 1 aliphatic rings. The number of benzene rings is 2. The van der Waals surface area contributed by atoms with Gasteiger partial charge in [-0.3, -0.25) is 19.3 Å². The molecule has 130 valence electrons. The highest BCUT2D eigenvalue weighted by molar-refractivity contribution is 7.99. The monoisotopic (exact) mass is 367 g/mol. The summed E-state index contributed by atoms with van der Waals surface area (Å²) in [5, 5.41) is 3.13. The number of nitrogens with zero attached hydrogens (tertiary/aromatic N) is 2. The molecule has 1 N–H and O–H groups in total. The molecule has 7 nitrogen and oxygen atoms in total. The summed E-state index contributed by atoms with van der Waals surface area (Å²) in [6.45, 7) is 0. The zero-order chi connectivity index (χ0) is 18.3. The van der Waals surface area contributed by atoms with E-state index in [4.69, 9.17) is 4.42 Å². The second-order valence-corrected chi connectivity index (χ2v) is 6.64. The molecule has 0 aliphatic carbocycles. The Balaban J connectivity index is 1.42. The number of imide groups is 1. The fourth-order valence-electron chi connectivity index (χ4n) is 2.68. The van der Waals surface area contributed by atoms with Gasteiger partial charge in [-0.15, -0.1) is 0 Å². The second kappa shape index (κ2) is 6.30. The van der Waals surface area contributed by atoms with Crippen molar-refractivity contribution in [2.24, 2.45) is 0 Å². The average Bonchev–Trinajstić information content (AvgIpc) is 3.15. The summed E-state index contributed by atoms with van der Waals surface area (Å²) in [5.41, 5.74) is 2.50. The summed E-state index contributed by atoms with van der Waals surface area (Å²) in [4.78, 5) is 41.4. The minimum Gasteiger partial charge on any atom is -0.431 e. The molecule has 1 aromatic heterocycles. The smallest absolute Gasteiger partial charge is 0.261 e. The molecular formula is C18H13N3O4S. The Bertz CT molecular complexity index is 1030. The van der Waals surface area contributed by atoms with Gasteiger partial charge in [-0.2, -0.15) is 0 Å². The second-order valence-electron chi connectivity index (χ2n) is 5.71. The highest BCUT2D eigenvalue weighted by Crippen LogP contribution is 2.26. The van der Waals surface area contributed by atoms with E-state index in [1.807, 2.05) is 24.3 Å². The maximum absolute atomic E-state index is 12.1. The first-order valence-electron chi connectivity index (χ1n) is 7.77. The molecule has 0 fully saturated rings. The molecule has 3 amide bonds. The zero-order valence-electron chi connectivity index (χ0n) is 13.7. The lowest BCUT2D eigenvalue weighted by Crippen LogP contribution is -2.24. The molecule has 0 saturated heterocycles. The number of amides is 3. The van der Waals surface area contributed by atoms with Crippen LogP contribution < -0.4 is 5.32 Å². The standard InChI is InChI=1S/C18H13N3O4S/c1-21-16(23)11-7-6-10(8-12(11)17(21)24)19-15(22)9-26-18-20-13-4-2-3-5-14(13)25-18/h2-8H,9H2,1H3,(H,19,22). The van der Waals surface area contributed by atoms with Crippen LogP contribution in [0.1, 0.15) is 20.7 Å². The summed E-state index contributed by atoms with van der Waals surface area (Å²) >= 11 is 1.18. The van der Waals surface area contributed by atoms with E-state index in [2.05, 4.69) is 10.3 Å². The highest BCUT2D eigenvalue weighted by Gasteiger charge is 2.32. The fourth-order valence-corrected chi connectivity index (χ4v) is 3.31. The first kappa shape index (κ1) is 16.3. The molecule has 0 unspecified atom stereocenters. The number of nitrogens with one attached hydrogen (secondary N) is 1. The Morgan fingerprint density at radius 1 is 1.15 bits per heavy atom. The van der Waals surface area contributed by atoms with Crippen LogP contribution in [0.3, 0.4) is 0 Å². The predicted octanol–water partition coefficient (Wildman–Crippen LogP) is 2.78. The third-order valence-electron chi connectivity index (χ3n) is 3.97. The van der Waals surface area contributed by atoms with Gasteiger partial charge in [0.15, 0.2) is 5.58 Å². The average molecular weight is 367 g/mol.